The van der Waals surface area contributed by atoms with Crippen LogP contribution >= 0.6 is 0 Å². The van der Waals surface area contributed by atoms with Gasteiger partial charge in [-0.2, -0.15) is 0 Å². The molecular weight excluding hydrogens is 180 g/mol. The minimum absolute atomic E-state index is 0.0115. The molecule has 0 fully saturated rings. The molecule has 14 heavy (non-hydrogen) atoms. The molecule has 1 rings (SSSR count). The highest BCUT2D eigenvalue weighted by Crippen LogP contribution is 2.22. The lowest BCUT2D eigenvalue weighted by Gasteiger charge is -2.10. The number of aliphatic hydroxyl groups is 2. The molecule has 0 radical (unpaired) electrons. The maximum atomic E-state index is 9.33. The van der Waals surface area contributed by atoms with Gasteiger partial charge in [-0.15, -0.1) is 0 Å². The zero-order valence-electron chi connectivity index (χ0n) is 8.53. The van der Waals surface area contributed by atoms with Gasteiger partial charge in [0.25, 0.3) is 0 Å². The molecule has 3 heteroatoms. The van der Waals surface area contributed by atoms with Gasteiger partial charge in [0.1, 0.15) is 12.4 Å². The van der Waals surface area contributed by atoms with Crippen molar-refractivity contribution in [3.8, 4) is 5.75 Å². The van der Waals surface area contributed by atoms with Gasteiger partial charge in [-0.25, -0.2) is 0 Å². The number of hydrogen-bond donors (Lipinski definition) is 2. The SMILES string of the molecule is Cc1cc([C@@H](C)O)ccc1OCCO. The fourth-order valence-electron chi connectivity index (χ4n) is 1.25. The quantitative estimate of drug-likeness (QED) is 0.765. The summed E-state index contributed by atoms with van der Waals surface area (Å²) in [6, 6.07) is 5.52. The second-order valence-electron chi connectivity index (χ2n) is 3.27. The monoisotopic (exact) mass is 196 g/mol. The van der Waals surface area contributed by atoms with Gasteiger partial charge in [0.15, 0.2) is 0 Å². The lowest BCUT2D eigenvalue weighted by molar-refractivity contribution is 0.196. The van der Waals surface area contributed by atoms with Crippen LogP contribution in [0.2, 0.25) is 0 Å². The first-order valence-corrected chi connectivity index (χ1v) is 4.67. The molecule has 3 nitrogen and oxygen atoms in total. The molecule has 78 valence electrons. The summed E-state index contributed by atoms with van der Waals surface area (Å²) >= 11 is 0. The van der Waals surface area contributed by atoms with Crippen molar-refractivity contribution < 1.29 is 14.9 Å². The van der Waals surface area contributed by atoms with E-state index >= 15 is 0 Å². The molecule has 1 aromatic rings. The predicted octanol–water partition coefficient (Wildman–Crippen LogP) is 1.42. The third kappa shape index (κ3) is 2.72. The number of ether oxygens (including phenoxy) is 1. The van der Waals surface area contributed by atoms with Crippen molar-refractivity contribution in [3.05, 3.63) is 29.3 Å². The van der Waals surface area contributed by atoms with Crippen LogP contribution in [0, 0.1) is 6.92 Å². The number of aliphatic hydroxyl groups excluding tert-OH is 2. The number of hydrogen-bond acceptors (Lipinski definition) is 3. The average molecular weight is 196 g/mol. The van der Waals surface area contributed by atoms with Crippen LogP contribution in [0.3, 0.4) is 0 Å². The Morgan fingerprint density at radius 3 is 2.64 bits per heavy atom. The van der Waals surface area contributed by atoms with Crippen LogP contribution in [0.15, 0.2) is 18.2 Å². The van der Waals surface area contributed by atoms with Gasteiger partial charge in [0.05, 0.1) is 12.7 Å². The van der Waals surface area contributed by atoms with Crippen LogP contribution < -0.4 is 4.74 Å². The molecule has 0 aliphatic heterocycles. The summed E-state index contributed by atoms with van der Waals surface area (Å²) in [7, 11) is 0. The third-order valence-electron chi connectivity index (χ3n) is 2.03. The first-order valence-electron chi connectivity index (χ1n) is 4.67. The van der Waals surface area contributed by atoms with Gasteiger partial charge in [-0.1, -0.05) is 6.07 Å². The molecule has 2 N–H and O–H groups in total. The van der Waals surface area contributed by atoms with E-state index in [0.717, 1.165) is 16.9 Å². The highest BCUT2D eigenvalue weighted by atomic mass is 16.5. The average Bonchev–Trinajstić information content (AvgIpc) is 2.15. The van der Waals surface area contributed by atoms with E-state index in [4.69, 9.17) is 9.84 Å². The maximum Gasteiger partial charge on any atom is 0.122 e. The summed E-state index contributed by atoms with van der Waals surface area (Å²) in [4.78, 5) is 0. The van der Waals surface area contributed by atoms with Crippen molar-refractivity contribution in [1.29, 1.82) is 0 Å². The molecule has 0 unspecified atom stereocenters. The second kappa shape index (κ2) is 4.98. The number of benzene rings is 1. The van der Waals surface area contributed by atoms with Crippen molar-refractivity contribution >= 4 is 0 Å². The molecule has 0 aromatic heterocycles. The normalized spacial score (nSPS) is 12.6. The molecule has 0 saturated heterocycles. The van der Waals surface area contributed by atoms with Gasteiger partial charge in [-0.05, 0) is 37.1 Å². The fraction of sp³-hybridized carbons (Fsp3) is 0.455. The smallest absolute Gasteiger partial charge is 0.122 e. The maximum absolute atomic E-state index is 9.33. The van der Waals surface area contributed by atoms with Crippen LogP contribution in [0.4, 0.5) is 0 Å². The van der Waals surface area contributed by atoms with Crippen molar-refractivity contribution in [2.24, 2.45) is 0 Å². The Labute approximate surface area is 84.0 Å². The highest BCUT2D eigenvalue weighted by molar-refractivity contribution is 5.36. The Morgan fingerprint density at radius 1 is 1.43 bits per heavy atom. The Kier molecular flexibility index (Phi) is 3.92. The Balaban J connectivity index is 2.79. The van der Waals surface area contributed by atoms with Crippen LogP contribution in [0.1, 0.15) is 24.2 Å². The molecule has 0 aliphatic carbocycles. The van der Waals surface area contributed by atoms with E-state index < -0.39 is 6.10 Å². The van der Waals surface area contributed by atoms with E-state index in [0.29, 0.717) is 6.61 Å². The van der Waals surface area contributed by atoms with E-state index in [-0.39, 0.29) is 6.61 Å². The lowest BCUT2D eigenvalue weighted by Crippen LogP contribution is -2.03. The predicted molar refractivity (Wildman–Crippen MR) is 54.4 cm³/mol. The summed E-state index contributed by atoms with van der Waals surface area (Å²) in [5.41, 5.74) is 1.84. The van der Waals surface area contributed by atoms with E-state index in [1.54, 1.807) is 6.92 Å². The summed E-state index contributed by atoms with van der Waals surface area (Å²) in [6.07, 6.45) is -0.458. The summed E-state index contributed by atoms with van der Waals surface area (Å²) in [5, 5.41) is 17.9. The van der Waals surface area contributed by atoms with Gasteiger partial charge >= 0.3 is 0 Å². The van der Waals surface area contributed by atoms with E-state index in [1.165, 1.54) is 0 Å². The van der Waals surface area contributed by atoms with Crippen LogP contribution in [0.25, 0.3) is 0 Å². The van der Waals surface area contributed by atoms with Crippen LogP contribution in [-0.2, 0) is 0 Å². The van der Waals surface area contributed by atoms with Crippen molar-refractivity contribution in [1.82, 2.24) is 0 Å². The Hall–Kier alpha value is -1.06. The Bertz CT molecular complexity index is 295. The summed E-state index contributed by atoms with van der Waals surface area (Å²) in [5.74, 6) is 0.753. The molecule has 0 bridgehead atoms. The second-order valence-corrected chi connectivity index (χ2v) is 3.27. The van der Waals surface area contributed by atoms with Crippen molar-refractivity contribution in [2.45, 2.75) is 20.0 Å². The molecule has 1 aromatic carbocycles. The third-order valence-corrected chi connectivity index (χ3v) is 2.03. The van der Waals surface area contributed by atoms with Gasteiger partial charge < -0.3 is 14.9 Å². The molecule has 0 heterocycles. The zero-order chi connectivity index (χ0) is 10.6. The molecule has 0 aliphatic rings. The first kappa shape index (κ1) is 11.0. The van der Waals surface area contributed by atoms with E-state index in [9.17, 15) is 5.11 Å². The lowest BCUT2D eigenvalue weighted by atomic mass is 10.1. The number of rotatable bonds is 4. The fourth-order valence-corrected chi connectivity index (χ4v) is 1.25. The van der Waals surface area contributed by atoms with Crippen LogP contribution in [-0.4, -0.2) is 23.4 Å². The largest absolute Gasteiger partial charge is 0.491 e. The summed E-state index contributed by atoms with van der Waals surface area (Å²) < 4.78 is 5.29. The minimum Gasteiger partial charge on any atom is -0.491 e. The Morgan fingerprint density at radius 2 is 2.14 bits per heavy atom. The van der Waals surface area contributed by atoms with Gasteiger partial charge in [-0.3, -0.25) is 0 Å². The summed E-state index contributed by atoms with van der Waals surface area (Å²) in [6.45, 7) is 3.95. The van der Waals surface area contributed by atoms with Crippen molar-refractivity contribution in [3.63, 3.8) is 0 Å². The van der Waals surface area contributed by atoms with E-state index in [2.05, 4.69) is 0 Å². The van der Waals surface area contributed by atoms with Crippen molar-refractivity contribution in [2.75, 3.05) is 13.2 Å². The molecule has 0 saturated carbocycles. The topological polar surface area (TPSA) is 49.7 Å². The van der Waals surface area contributed by atoms with Gasteiger partial charge in [0, 0.05) is 0 Å². The zero-order valence-corrected chi connectivity index (χ0v) is 8.53. The van der Waals surface area contributed by atoms with Gasteiger partial charge in [0.2, 0.25) is 0 Å². The molecule has 0 amide bonds. The standard InChI is InChI=1S/C11H16O3/c1-8-7-10(9(2)13)3-4-11(8)14-6-5-12/h3-4,7,9,12-13H,5-6H2,1-2H3/t9-/m1/s1. The highest BCUT2D eigenvalue weighted by Gasteiger charge is 2.04. The van der Waals surface area contributed by atoms with E-state index in [1.807, 2.05) is 25.1 Å². The first-order chi connectivity index (χ1) is 6.65. The van der Waals surface area contributed by atoms with Crippen LogP contribution in [0.5, 0.6) is 5.75 Å². The number of aryl methyl sites for hydroxylation is 1. The molecular formula is C11H16O3. The molecule has 0 spiro atoms. The minimum atomic E-state index is -0.458. The molecule has 1 atom stereocenters.